The zero-order valence-corrected chi connectivity index (χ0v) is 14.0. The Morgan fingerprint density at radius 1 is 1.04 bits per heavy atom. The van der Waals surface area contributed by atoms with E-state index in [2.05, 4.69) is 0 Å². The molecular formula is C19H24O4. The number of carbonyl (C=O) groups is 1. The quantitative estimate of drug-likeness (QED) is 0.539. The van der Waals surface area contributed by atoms with Crippen LogP contribution < -0.4 is 0 Å². The number of carbonyl (C=O) groups excluding carboxylic acids is 1. The highest BCUT2D eigenvalue weighted by atomic mass is 16.7. The van der Waals surface area contributed by atoms with Gasteiger partial charge in [-0.15, -0.1) is 0 Å². The highest BCUT2D eigenvalue weighted by Gasteiger charge is 2.36. The lowest BCUT2D eigenvalue weighted by atomic mass is 9.93. The van der Waals surface area contributed by atoms with Gasteiger partial charge in [0.05, 0.1) is 18.6 Å². The van der Waals surface area contributed by atoms with Crippen molar-refractivity contribution in [3.8, 4) is 0 Å². The maximum atomic E-state index is 12.7. The van der Waals surface area contributed by atoms with Gasteiger partial charge < -0.3 is 14.2 Å². The Bertz CT molecular complexity index is 581. The van der Waals surface area contributed by atoms with E-state index in [4.69, 9.17) is 14.2 Å². The molecule has 0 heterocycles. The molecule has 4 heteroatoms. The largest absolute Gasteiger partial charge is 0.497 e. The van der Waals surface area contributed by atoms with Gasteiger partial charge in [0.2, 0.25) is 0 Å². The molecule has 1 aromatic carbocycles. The zero-order valence-electron chi connectivity index (χ0n) is 14.0. The van der Waals surface area contributed by atoms with Crippen LogP contribution in [0, 0.1) is 0 Å². The van der Waals surface area contributed by atoms with Crippen molar-refractivity contribution in [2.75, 3.05) is 19.8 Å². The molecule has 0 atom stereocenters. The first-order valence-electron chi connectivity index (χ1n) is 8.08. The summed E-state index contributed by atoms with van der Waals surface area (Å²) in [4.78, 5) is 12.7. The normalized spacial score (nSPS) is 16.5. The highest BCUT2D eigenvalue weighted by molar-refractivity contribution is 6.11. The Balaban J connectivity index is 2.34. The lowest BCUT2D eigenvalue weighted by Gasteiger charge is -2.34. The van der Waals surface area contributed by atoms with Gasteiger partial charge in [0.25, 0.3) is 0 Å². The molecule has 1 aliphatic carbocycles. The SMILES string of the molecule is CCOC1=C(C(=O)c2ccccc2)C=CC(OCC)(OCC)C1. The van der Waals surface area contributed by atoms with Crippen LogP contribution in [-0.4, -0.2) is 31.4 Å². The standard InChI is InChI=1S/C19H24O4/c1-4-21-17-14-19(22-5-2,23-6-3)13-12-16(17)18(20)15-10-8-7-9-11-15/h7-13H,4-6,14H2,1-3H3. The number of benzene rings is 1. The fourth-order valence-corrected chi connectivity index (χ4v) is 2.66. The van der Waals surface area contributed by atoms with Crippen molar-refractivity contribution in [1.82, 2.24) is 0 Å². The van der Waals surface area contributed by atoms with Gasteiger partial charge in [0.1, 0.15) is 5.76 Å². The molecule has 0 bridgehead atoms. The summed E-state index contributed by atoms with van der Waals surface area (Å²) in [7, 11) is 0. The minimum Gasteiger partial charge on any atom is -0.497 e. The molecule has 4 nitrogen and oxygen atoms in total. The molecule has 1 aromatic rings. The zero-order chi connectivity index (χ0) is 16.7. The van der Waals surface area contributed by atoms with Gasteiger partial charge in [0, 0.05) is 18.8 Å². The average Bonchev–Trinajstić information content (AvgIpc) is 2.56. The Morgan fingerprint density at radius 2 is 1.70 bits per heavy atom. The van der Waals surface area contributed by atoms with Gasteiger partial charge in [-0.25, -0.2) is 0 Å². The molecule has 0 N–H and O–H groups in total. The third kappa shape index (κ3) is 4.09. The van der Waals surface area contributed by atoms with Gasteiger partial charge in [-0.2, -0.15) is 0 Å². The molecule has 0 spiro atoms. The number of ketones is 1. The molecule has 0 saturated heterocycles. The Labute approximate surface area is 137 Å². The fourth-order valence-electron chi connectivity index (χ4n) is 2.66. The van der Waals surface area contributed by atoms with Crippen LogP contribution in [0.1, 0.15) is 37.6 Å². The lowest BCUT2D eigenvalue weighted by Crippen LogP contribution is -2.37. The van der Waals surface area contributed by atoms with E-state index in [1.54, 1.807) is 18.2 Å². The second kappa shape index (κ2) is 8.09. The second-order valence-electron chi connectivity index (χ2n) is 5.15. The maximum Gasteiger partial charge on any atom is 0.196 e. The average molecular weight is 316 g/mol. The third-order valence-electron chi connectivity index (χ3n) is 3.59. The summed E-state index contributed by atoms with van der Waals surface area (Å²) in [5.41, 5.74) is 1.21. The number of hydrogen-bond acceptors (Lipinski definition) is 4. The molecule has 0 radical (unpaired) electrons. The molecule has 0 unspecified atom stereocenters. The van der Waals surface area contributed by atoms with Crippen LogP contribution in [0.25, 0.3) is 0 Å². The highest BCUT2D eigenvalue weighted by Crippen LogP contribution is 2.33. The number of allylic oxidation sites excluding steroid dienone is 2. The van der Waals surface area contributed by atoms with Crippen LogP contribution in [0.5, 0.6) is 0 Å². The van der Waals surface area contributed by atoms with Gasteiger partial charge in [-0.3, -0.25) is 4.79 Å². The first-order chi connectivity index (χ1) is 11.2. The van der Waals surface area contributed by atoms with Gasteiger partial charge in [-0.1, -0.05) is 30.3 Å². The second-order valence-corrected chi connectivity index (χ2v) is 5.15. The molecule has 0 amide bonds. The minimum atomic E-state index is -0.853. The van der Waals surface area contributed by atoms with E-state index >= 15 is 0 Å². The van der Waals surface area contributed by atoms with Crippen molar-refractivity contribution in [3.05, 3.63) is 59.4 Å². The van der Waals surface area contributed by atoms with Crippen LogP contribution in [0.15, 0.2) is 53.8 Å². The molecule has 0 aliphatic heterocycles. The van der Waals surface area contributed by atoms with Crippen molar-refractivity contribution in [2.24, 2.45) is 0 Å². The van der Waals surface area contributed by atoms with E-state index in [1.807, 2.05) is 45.0 Å². The van der Waals surface area contributed by atoms with Crippen molar-refractivity contribution >= 4 is 5.78 Å². The maximum absolute atomic E-state index is 12.7. The van der Waals surface area contributed by atoms with Crippen LogP contribution in [0.4, 0.5) is 0 Å². The molecule has 0 aromatic heterocycles. The summed E-state index contributed by atoms with van der Waals surface area (Å²) in [6.07, 6.45) is 3.97. The summed E-state index contributed by atoms with van der Waals surface area (Å²) in [5, 5.41) is 0. The first-order valence-corrected chi connectivity index (χ1v) is 8.08. The lowest BCUT2D eigenvalue weighted by molar-refractivity contribution is -0.203. The summed E-state index contributed by atoms with van der Waals surface area (Å²) >= 11 is 0. The minimum absolute atomic E-state index is 0.0492. The van der Waals surface area contributed by atoms with E-state index in [1.165, 1.54) is 0 Å². The first kappa shape index (κ1) is 17.4. The topological polar surface area (TPSA) is 44.8 Å². The third-order valence-corrected chi connectivity index (χ3v) is 3.59. The number of Topliss-reactive ketones (excluding diaryl/α,β-unsaturated/α-hetero) is 1. The van der Waals surface area contributed by atoms with Gasteiger partial charge >= 0.3 is 0 Å². The van der Waals surface area contributed by atoms with Crippen molar-refractivity contribution in [3.63, 3.8) is 0 Å². The van der Waals surface area contributed by atoms with E-state index < -0.39 is 5.79 Å². The number of hydrogen-bond donors (Lipinski definition) is 0. The molecule has 2 rings (SSSR count). The number of rotatable bonds is 8. The Hall–Kier alpha value is -1.91. The summed E-state index contributed by atoms with van der Waals surface area (Å²) in [6, 6.07) is 9.20. The van der Waals surface area contributed by atoms with Crippen molar-refractivity contribution in [2.45, 2.75) is 33.0 Å². The van der Waals surface area contributed by atoms with Crippen LogP contribution in [0.3, 0.4) is 0 Å². The van der Waals surface area contributed by atoms with E-state index in [-0.39, 0.29) is 5.78 Å². The molecule has 0 saturated carbocycles. The predicted octanol–water partition coefficient (Wildman–Crippen LogP) is 3.89. The molecule has 1 aliphatic rings. The number of ether oxygens (including phenoxy) is 3. The van der Waals surface area contributed by atoms with Crippen LogP contribution in [-0.2, 0) is 14.2 Å². The van der Waals surface area contributed by atoms with Gasteiger partial charge in [-0.05, 0) is 32.9 Å². The molecule has 23 heavy (non-hydrogen) atoms. The summed E-state index contributed by atoms with van der Waals surface area (Å²) in [5.74, 6) is -0.285. The Kier molecular flexibility index (Phi) is 6.13. The van der Waals surface area contributed by atoms with Gasteiger partial charge in [0.15, 0.2) is 11.6 Å². The summed E-state index contributed by atoms with van der Waals surface area (Å²) in [6.45, 7) is 7.27. The van der Waals surface area contributed by atoms with Crippen LogP contribution >= 0.6 is 0 Å². The monoisotopic (exact) mass is 316 g/mol. The predicted molar refractivity (Wildman–Crippen MR) is 89.2 cm³/mol. The molecule has 124 valence electrons. The smallest absolute Gasteiger partial charge is 0.196 e. The molecule has 0 fully saturated rings. The van der Waals surface area contributed by atoms with E-state index in [0.29, 0.717) is 43.1 Å². The fraction of sp³-hybridized carbons (Fsp3) is 0.421. The van der Waals surface area contributed by atoms with E-state index in [0.717, 1.165) is 0 Å². The van der Waals surface area contributed by atoms with Crippen molar-refractivity contribution < 1.29 is 19.0 Å². The van der Waals surface area contributed by atoms with Crippen molar-refractivity contribution in [1.29, 1.82) is 0 Å². The summed E-state index contributed by atoms with van der Waals surface area (Å²) < 4.78 is 17.3. The van der Waals surface area contributed by atoms with Crippen LogP contribution in [0.2, 0.25) is 0 Å². The van der Waals surface area contributed by atoms with E-state index in [9.17, 15) is 4.79 Å². The Morgan fingerprint density at radius 3 is 2.26 bits per heavy atom. The molecular weight excluding hydrogens is 292 g/mol.